The highest BCUT2D eigenvalue weighted by atomic mass is 35.5. The second-order valence-corrected chi connectivity index (χ2v) is 4.20. The largest absolute Gasteiger partial charge is 0.357 e. The molecule has 1 fully saturated rings. The molecule has 1 rings (SSSR count). The third-order valence-electron chi connectivity index (χ3n) is 2.27. The summed E-state index contributed by atoms with van der Waals surface area (Å²) in [4.78, 5) is 23.2. The number of carbonyl (C=O) groups excluding carboxylic acids is 2. The van der Waals surface area contributed by atoms with Crippen molar-refractivity contribution >= 4 is 35.0 Å². The smallest absolute Gasteiger partial charge is 0.256 e. The maximum atomic E-state index is 11.5. The number of alkyl halides is 2. The summed E-state index contributed by atoms with van der Waals surface area (Å²) in [6, 6.07) is -0.410. The Morgan fingerprint density at radius 3 is 2.64 bits per heavy atom. The lowest BCUT2D eigenvalue weighted by Gasteiger charge is -2.23. The highest BCUT2D eigenvalue weighted by Crippen LogP contribution is 2.20. The van der Waals surface area contributed by atoms with Crippen LogP contribution in [0.2, 0.25) is 0 Å². The Morgan fingerprint density at radius 1 is 1.50 bits per heavy atom. The van der Waals surface area contributed by atoms with Gasteiger partial charge in [-0.1, -0.05) is 23.2 Å². The molecule has 2 amide bonds. The van der Waals surface area contributed by atoms with Crippen molar-refractivity contribution in [1.82, 2.24) is 10.2 Å². The van der Waals surface area contributed by atoms with E-state index in [1.807, 2.05) is 0 Å². The van der Waals surface area contributed by atoms with Gasteiger partial charge in [-0.05, 0) is 12.8 Å². The van der Waals surface area contributed by atoms with Gasteiger partial charge in [-0.15, -0.1) is 0 Å². The molecule has 1 aliphatic rings. The SMILES string of the molecule is CNC(=O)[C@@H]1CCCN1C(=O)C(Cl)Cl. The Bertz CT molecular complexity index is 245. The molecule has 0 aliphatic carbocycles. The van der Waals surface area contributed by atoms with Crippen molar-refractivity contribution in [2.75, 3.05) is 13.6 Å². The highest BCUT2D eigenvalue weighted by molar-refractivity contribution is 6.53. The lowest BCUT2D eigenvalue weighted by atomic mass is 10.2. The van der Waals surface area contributed by atoms with Crippen molar-refractivity contribution in [3.63, 3.8) is 0 Å². The molecule has 0 aromatic heterocycles. The first-order chi connectivity index (χ1) is 6.57. The fraction of sp³-hybridized carbons (Fsp3) is 0.750. The summed E-state index contributed by atoms with van der Waals surface area (Å²) in [7, 11) is 1.54. The number of hydrogen-bond donors (Lipinski definition) is 1. The van der Waals surface area contributed by atoms with E-state index in [2.05, 4.69) is 5.32 Å². The van der Waals surface area contributed by atoms with Crippen LogP contribution in [0.25, 0.3) is 0 Å². The van der Waals surface area contributed by atoms with E-state index in [9.17, 15) is 9.59 Å². The molecule has 0 radical (unpaired) electrons. The van der Waals surface area contributed by atoms with Crippen LogP contribution in [0.4, 0.5) is 0 Å². The van der Waals surface area contributed by atoms with Gasteiger partial charge in [0.25, 0.3) is 5.91 Å². The first kappa shape index (κ1) is 11.6. The number of likely N-dealkylation sites (tertiary alicyclic amines) is 1. The molecule has 0 saturated carbocycles. The van der Waals surface area contributed by atoms with Gasteiger partial charge in [-0.25, -0.2) is 0 Å². The van der Waals surface area contributed by atoms with Crippen LogP contribution >= 0.6 is 23.2 Å². The van der Waals surface area contributed by atoms with Crippen molar-refractivity contribution in [1.29, 1.82) is 0 Å². The number of nitrogens with zero attached hydrogens (tertiary/aromatic N) is 1. The summed E-state index contributed by atoms with van der Waals surface area (Å²) in [5, 5.41) is 2.51. The van der Waals surface area contributed by atoms with Crippen LogP contribution < -0.4 is 5.32 Å². The van der Waals surface area contributed by atoms with Gasteiger partial charge in [0.15, 0.2) is 4.84 Å². The fourth-order valence-electron chi connectivity index (χ4n) is 1.60. The fourth-order valence-corrected chi connectivity index (χ4v) is 1.85. The van der Waals surface area contributed by atoms with Crippen molar-refractivity contribution in [3.05, 3.63) is 0 Å². The van der Waals surface area contributed by atoms with Crippen LogP contribution in [0.1, 0.15) is 12.8 Å². The molecule has 0 spiro atoms. The molecule has 0 aromatic rings. The molecule has 0 aromatic carbocycles. The number of halogens is 2. The minimum Gasteiger partial charge on any atom is -0.357 e. The second-order valence-electron chi connectivity index (χ2n) is 3.10. The Labute approximate surface area is 92.5 Å². The average Bonchev–Trinajstić information content (AvgIpc) is 2.63. The number of nitrogens with one attached hydrogen (secondary N) is 1. The monoisotopic (exact) mass is 238 g/mol. The number of likely N-dealkylation sites (N-methyl/N-ethyl adjacent to an activating group) is 1. The minimum absolute atomic E-state index is 0.162. The van der Waals surface area contributed by atoms with E-state index in [0.29, 0.717) is 13.0 Å². The Balaban J connectivity index is 2.68. The van der Waals surface area contributed by atoms with E-state index in [1.165, 1.54) is 4.90 Å². The van der Waals surface area contributed by atoms with Gasteiger partial charge < -0.3 is 10.2 Å². The number of amides is 2. The molecule has 1 saturated heterocycles. The molecule has 4 nitrogen and oxygen atoms in total. The number of carbonyl (C=O) groups is 2. The van der Waals surface area contributed by atoms with Crippen LogP contribution in [-0.2, 0) is 9.59 Å². The topological polar surface area (TPSA) is 49.4 Å². The third kappa shape index (κ3) is 2.30. The van der Waals surface area contributed by atoms with Gasteiger partial charge in [0.05, 0.1) is 0 Å². The van der Waals surface area contributed by atoms with Crippen molar-refractivity contribution in [3.8, 4) is 0 Å². The zero-order chi connectivity index (χ0) is 10.7. The van der Waals surface area contributed by atoms with Gasteiger partial charge in [0, 0.05) is 13.6 Å². The molecule has 0 unspecified atom stereocenters. The van der Waals surface area contributed by atoms with Gasteiger partial charge in [-0.3, -0.25) is 9.59 Å². The van der Waals surface area contributed by atoms with E-state index in [-0.39, 0.29) is 11.8 Å². The van der Waals surface area contributed by atoms with Gasteiger partial charge in [0.2, 0.25) is 5.91 Å². The lowest BCUT2D eigenvalue weighted by molar-refractivity contribution is -0.136. The summed E-state index contributed by atoms with van der Waals surface area (Å²) in [5.41, 5.74) is 0. The molecule has 1 heterocycles. The lowest BCUT2D eigenvalue weighted by Crippen LogP contribution is -2.46. The Hall–Kier alpha value is -0.480. The predicted molar refractivity (Wildman–Crippen MR) is 54.3 cm³/mol. The first-order valence-corrected chi connectivity index (χ1v) is 5.25. The van der Waals surface area contributed by atoms with Gasteiger partial charge in [0.1, 0.15) is 6.04 Å². The van der Waals surface area contributed by atoms with Crippen molar-refractivity contribution < 1.29 is 9.59 Å². The molecule has 1 N–H and O–H groups in total. The molecule has 1 aliphatic heterocycles. The Morgan fingerprint density at radius 2 is 2.14 bits per heavy atom. The highest BCUT2D eigenvalue weighted by Gasteiger charge is 2.35. The van der Waals surface area contributed by atoms with E-state index in [1.54, 1.807) is 7.05 Å². The molecule has 1 atom stereocenters. The standard InChI is InChI=1S/C8H12Cl2N2O2/c1-11-7(13)5-3-2-4-12(5)8(14)6(9)10/h5-6H,2-4H2,1H3,(H,11,13)/t5-/m0/s1. The molecule has 14 heavy (non-hydrogen) atoms. The molecule has 6 heteroatoms. The Kier molecular flexibility index (Phi) is 4.01. The molecule has 0 bridgehead atoms. The minimum atomic E-state index is -1.08. The predicted octanol–water partition coefficient (Wildman–Crippen LogP) is 0.527. The summed E-state index contributed by atoms with van der Waals surface area (Å²) in [6.07, 6.45) is 1.48. The summed E-state index contributed by atoms with van der Waals surface area (Å²) >= 11 is 10.9. The van der Waals surface area contributed by atoms with E-state index >= 15 is 0 Å². The van der Waals surface area contributed by atoms with Gasteiger partial charge in [-0.2, -0.15) is 0 Å². The van der Waals surface area contributed by atoms with Crippen molar-refractivity contribution in [2.24, 2.45) is 0 Å². The zero-order valence-electron chi connectivity index (χ0n) is 7.80. The van der Waals surface area contributed by atoms with E-state index < -0.39 is 10.9 Å². The van der Waals surface area contributed by atoms with Crippen LogP contribution in [0.15, 0.2) is 0 Å². The normalized spacial score (nSPS) is 21.4. The van der Waals surface area contributed by atoms with Crippen LogP contribution in [0.5, 0.6) is 0 Å². The van der Waals surface area contributed by atoms with E-state index in [4.69, 9.17) is 23.2 Å². The quantitative estimate of drug-likeness (QED) is 0.714. The molecular formula is C8H12Cl2N2O2. The van der Waals surface area contributed by atoms with Crippen molar-refractivity contribution in [2.45, 2.75) is 23.7 Å². The average molecular weight is 239 g/mol. The molecule has 80 valence electrons. The second kappa shape index (κ2) is 4.84. The first-order valence-electron chi connectivity index (χ1n) is 4.38. The molecular weight excluding hydrogens is 227 g/mol. The van der Waals surface area contributed by atoms with Crippen LogP contribution in [0, 0.1) is 0 Å². The maximum absolute atomic E-state index is 11.5. The third-order valence-corrected chi connectivity index (χ3v) is 2.64. The zero-order valence-corrected chi connectivity index (χ0v) is 9.31. The van der Waals surface area contributed by atoms with E-state index in [0.717, 1.165) is 6.42 Å². The summed E-state index contributed by atoms with van der Waals surface area (Å²) in [6.45, 7) is 0.548. The maximum Gasteiger partial charge on any atom is 0.256 e. The number of rotatable bonds is 2. The number of hydrogen-bond acceptors (Lipinski definition) is 2. The summed E-state index contributed by atoms with van der Waals surface area (Å²) < 4.78 is 0. The van der Waals surface area contributed by atoms with Gasteiger partial charge >= 0.3 is 0 Å². The summed E-state index contributed by atoms with van der Waals surface area (Å²) in [5.74, 6) is -0.552. The van der Waals surface area contributed by atoms with Crippen LogP contribution in [0.3, 0.4) is 0 Å². The van der Waals surface area contributed by atoms with Crippen LogP contribution in [-0.4, -0.2) is 41.2 Å².